The number of pyridine rings is 3. The van der Waals surface area contributed by atoms with Crippen molar-refractivity contribution in [3.63, 3.8) is 0 Å². The highest BCUT2D eigenvalue weighted by atomic mass is 35.5. The van der Waals surface area contributed by atoms with Crippen LogP contribution in [0.5, 0.6) is 5.75 Å². The molecule has 1 amide bonds. The summed E-state index contributed by atoms with van der Waals surface area (Å²) in [6.45, 7) is 2.07. The lowest BCUT2D eigenvalue weighted by molar-refractivity contribution is -0.120. The van der Waals surface area contributed by atoms with Crippen LogP contribution in [0.25, 0.3) is 23.2 Å². The van der Waals surface area contributed by atoms with Crippen LogP contribution in [-0.2, 0) is 23.3 Å². The second-order valence-electron chi connectivity index (χ2n) is 10.1. The van der Waals surface area contributed by atoms with Crippen molar-refractivity contribution in [3.8, 4) is 22.8 Å². The van der Waals surface area contributed by atoms with Gasteiger partial charge >= 0.3 is 0 Å². The molecule has 0 unspecified atom stereocenters. The molecule has 42 heavy (non-hydrogen) atoms. The molecule has 0 spiro atoms. The van der Waals surface area contributed by atoms with Crippen LogP contribution in [0, 0.1) is 11.6 Å². The maximum absolute atomic E-state index is 14.4. The molecule has 0 fully saturated rings. The summed E-state index contributed by atoms with van der Waals surface area (Å²) in [7, 11) is 0. The Morgan fingerprint density at radius 2 is 2.00 bits per heavy atom. The van der Waals surface area contributed by atoms with Gasteiger partial charge < -0.3 is 10.1 Å². The van der Waals surface area contributed by atoms with Crippen molar-refractivity contribution in [2.45, 2.75) is 52.1 Å². The Morgan fingerprint density at radius 3 is 2.76 bits per heavy atom. The fourth-order valence-corrected chi connectivity index (χ4v) is 4.73. The average molecular weight is 595 g/mol. The topological polar surface area (TPSA) is 112 Å². The first-order valence-electron chi connectivity index (χ1n) is 14.0. The van der Waals surface area contributed by atoms with Crippen molar-refractivity contribution in [1.82, 2.24) is 29.8 Å². The number of nitrogens with zero attached hydrogens (tertiary/aromatic N) is 5. The molecule has 0 radical (unpaired) electrons. The zero-order chi connectivity index (χ0) is 31.8. The standard InChI is InChI=1S/C30H27ClF2N6O3/c1-17(40)38-30(2,3)29-34-10-9-22(37-29)23-13-25-18(14-35-23)7-5-4-6-8-20-12-26(27(31)28(41)39(20)25)42-16-24-21(33)11-19(32)15-36-24/h5,7,9-15H,4,6,8,16H2,1-3H3,(H,38,40)/b7-5+/i16D2. The average Bonchev–Trinajstić information content (AvgIpc) is 3.03. The summed E-state index contributed by atoms with van der Waals surface area (Å²) < 4.78 is 51.1. The summed E-state index contributed by atoms with van der Waals surface area (Å²) in [4.78, 5) is 42.6. The molecule has 4 aromatic heterocycles. The van der Waals surface area contributed by atoms with Gasteiger partial charge in [0.15, 0.2) is 11.6 Å². The van der Waals surface area contributed by atoms with Gasteiger partial charge in [-0.05, 0) is 45.2 Å². The highest BCUT2D eigenvalue weighted by Gasteiger charge is 2.26. The number of amides is 1. The Kier molecular flexibility index (Phi) is 7.40. The van der Waals surface area contributed by atoms with Gasteiger partial charge in [-0.2, -0.15) is 0 Å². The number of aromatic nitrogens is 5. The number of ether oxygens (including phenoxy) is 1. The van der Waals surface area contributed by atoms with E-state index in [2.05, 4.69) is 25.3 Å². The monoisotopic (exact) mass is 594 g/mol. The highest BCUT2D eigenvalue weighted by Crippen LogP contribution is 2.30. The zero-order valence-corrected chi connectivity index (χ0v) is 23.7. The van der Waals surface area contributed by atoms with Gasteiger partial charge in [0.05, 0.1) is 31.6 Å². The van der Waals surface area contributed by atoms with E-state index in [0.717, 1.165) is 0 Å². The zero-order valence-electron chi connectivity index (χ0n) is 24.9. The van der Waals surface area contributed by atoms with Crippen LogP contribution >= 0.6 is 11.6 Å². The van der Waals surface area contributed by atoms with Crippen LogP contribution in [0.1, 0.15) is 59.1 Å². The molecule has 0 atom stereocenters. The van der Waals surface area contributed by atoms with E-state index in [1.165, 1.54) is 17.6 Å². The van der Waals surface area contributed by atoms with Crippen LogP contribution in [0.15, 0.2) is 53.7 Å². The number of allylic oxidation sites excluding steroid dienone is 1. The van der Waals surface area contributed by atoms with E-state index in [4.69, 9.17) is 19.1 Å². The van der Waals surface area contributed by atoms with Crippen LogP contribution in [0.2, 0.25) is 5.02 Å². The summed E-state index contributed by atoms with van der Waals surface area (Å²) in [6.07, 6.45) is 9.32. The molecule has 9 nitrogen and oxygen atoms in total. The quantitative estimate of drug-likeness (QED) is 0.322. The Bertz CT molecular complexity index is 1870. The highest BCUT2D eigenvalue weighted by molar-refractivity contribution is 6.31. The Balaban J connectivity index is 1.62. The van der Waals surface area contributed by atoms with E-state index in [0.29, 0.717) is 65.7 Å². The lowest BCUT2D eigenvalue weighted by Crippen LogP contribution is -2.41. The minimum absolute atomic E-state index is 0.241. The van der Waals surface area contributed by atoms with Gasteiger partial charge in [0, 0.05) is 42.7 Å². The van der Waals surface area contributed by atoms with Gasteiger partial charge in [-0.1, -0.05) is 23.8 Å². The normalized spacial score (nSPS) is 14.7. The number of carbonyl (C=O) groups is 1. The van der Waals surface area contributed by atoms with Gasteiger partial charge in [-0.15, -0.1) is 0 Å². The van der Waals surface area contributed by atoms with E-state index in [1.54, 1.807) is 38.4 Å². The Morgan fingerprint density at radius 1 is 1.19 bits per heavy atom. The molecule has 0 bridgehead atoms. The van der Waals surface area contributed by atoms with Crippen molar-refractivity contribution in [1.29, 1.82) is 0 Å². The lowest BCUT2D eigenvalue weighted by atomic mass is 10.0. The van der Waals surface area contributed by atoms with E-state index in [1.807, 2.05) is 12.2 Å². The lowest BCUT2D eigenvalue weighted by Gasteiger charge is -2.24. The Labute approximate surface area is 248 Å². The summed E-state index contributed by atoms with van der Waals surface area (Å²) in [5.41, 5.74) is 0.0133. The van der Waals surface area contributed by atoms with Gasteiger partial charge in [0.1, 0.15) is 28.8 Å². The number of carbonyl (C=O) groups excluding carboxylic acids is 1. The maximum atomic E-state index is 14.4. The molecule has 1 aliphatic rings. The second kappa shape index (κ2) is 11.8. The molecular weight excluding hydrogens is 566 g/mol. The number of hydrogen-bond acceptors (Lipinski definition) is 7. The fraction of sp³-hybridized carbons (Fsp3) is 0.267. The van der Waals surface area contributed by atoms with Crippen molar-refractivity contribution in [2.75, 3.05) is 0 Å². The van der Waals surface area contributed by atoms with Gasteiger partial charge in [-0.3, -0.25) is 24.1 Å². The smallest absolute Gasteiger partial charge is 0.277 e. The third-order valence-corrected chi connectivity index (χ3v) is 6.83. The van der Waals surface area contributed by atoms with Crippen molar-refractivity contribution in [3.05, 3.63) is 98.7 Å². The first-order valence-corrected chi connectivity index (χ1v) is 13.4. The number of nitrogens with one attached hydrogen (secondary N) is 1. The number of halogens is 3. The predicted molar refractivity (Wildman–Crippen MR) is 153 cm³/mol. The molecule has 1 N–H and O–H groups in total. The van der Waals surface area contributed by atoms with Crippen LogP contribution < -0.4 is 15.6 Å². The number of aryl methyl sites for hydroxylation is 1. The molecule has 0 saturated carbocycles. The maximum Gasteiger partial charge on any atom is 0.277 e. The number of hydrogen-bond donors (Lipinski definition) is 1. The van der Waals surface area contributed by atoms with Crippen molar-refractivity contribution >= 4 is 23.6 Å². The first kappa shape index (κ1) is 26.4. The van der Waals surface area contributed by atoms with Crippen molar-refractivity contribution < 1.29 is 21.1 Å². The molecule has 216 valence electrons. The van der Waals surface area contributed by atoms with Crippen molar-refractivity contribution in [2.24, 2.45) is 0 Å². The van der Waals surface area contributed by atoms with E-state index in [-0.39, 0.29) is 11.7 Å². The third-order valence-electron chi connectivity index (χ3n) is 6.48. The molecule has 12 heteroatoms. The van der Waals surface area contributed by atoms with Crippen LogP contribution in [0.3, 0.4) is 0 Å². The summed E-state index contributed by atoms with van der Waals surface area (Å²) in [5, 5.41) is 2.37. The SMILES string of the molecule is [2H]C([2H])(Oc1cc2n(c(=O)c1Cl)-c1cc(-c3ccnc(C(C)(C)NC(C)=O)n3)ncc1/C=C/CCC2)c1ncc(F)cc1F. The molecule has 0 saturated heterocycles. The molecule has 0 aliphatic carbocycles. The summed E-state index contributed by atoms with van der Waals surface area (Å²) in [5.74, 6) is -2.43. The molecule has 5 heterocycles. The van der Waals surface area contributed by atoms with Crippen LogP contribution in [0.4, 0.5) is 8.78 Å². The van der Waals surface area contributed by atoms with Gasteiger partial charge in [0.25, 0.3) is 5.56 Å². The van der Waals surface area contributed by atoms with Crippen LogP contribution in [-0.4, -0.2) is 30.4 Å². The molecular formula is C30H27ClF2N6O3. The molecule has 4 aromatic rings. The minimum atomic E-state index is -2.88. The number of fused-ring (bicyclic) bond motifs is 3. The van der Waals surface area contributed by atoms with Gasteiger partial charge in [0.2, 0.25) is 5.91 Å². The second-order valence-corrected chi connectivity index (χ2v) is 10.5. The molecule has 1 aliphatic heterocycles. The number of rotatable bonds is 6. The minimum Gasteiger partial charge on any atom is -0.485 e. The molecule has 0 aromatic carbocycles. The van der Waals surface area contributed by atoms with E-state index >= 15 is 0 Å². The van der Waals surface area contributed by atoms with E-state index < -0.39 is 40.0 Å². The van der Waals surface area contributed by atoms with E-state index in [9.17, 15) is 18.4 Å². The summed E-state index contributed by atoms with van der Waals surface area (Å²) >= 11 is 6.47. The predicted octanol–water partition coefficient (Wildman–Crippen LogP) is 5.32. The molecule has 5 rings (SSSR count). The largest absolute Gasteiger partial charge is 0.485 e. The fourth-order valence-electron chi connectivity index (χ4n) is 4.56. The third kappa shape index (κ3) is 6.06. The van der Waals surface area contributed by atoms with Gasteiger partial charge in [-0.25, -0.2) is 18.7 Å². The Hall–Kier alpha value is -4.51. The first-order chi connectivity index (χ1) is 20.8. The summed E-state index contributed by atoms with van der Waals surface area (Å²) in [6, 6.07) is 5.25.